The number of carbonyl (C=O) groups is 1. The summed E-state index contributed by atoms with van der Waals surface area (Å²) in [4.78, 5) is 12.2. The van der Waals surface area contributed by atoms with Crippen molar-refractivity contribution in [1.29, 1.82) is 0 Å². The van der Waals surface area contributed by atoms with Crippen LogP contribution in [0.5, 0.6) is 0 Å². The summed E-state index contributed by atoms with van der Waals surface area (Å²) < 4.78 is 20.3. The summed E-state index contributed by atoms with van der Waals surface area (Å²) in [7, 11) is 0. The largest absolute Gasteiger partial charge is 0.458 e. The quantitative estimate of drug-likeness (QED) is 0.497. The van der Waals surface area contributed by atoms with E-state index in [9.17, 15) is 9.18 Å². The van der Waals surface area contributed by atoms with E-state index in [1.165, 1.54) is 24.8 Å². The Balaban J connectivity index is 1.86. The first-order valence-electron chi connectivity index (χ1n) is 9.25. The van der Waals surface area contributed by atoms with Crippen LogP contribution in [0.15, 0.2) is 36.4 Å². The Morgan fingerprint density at radius 1 is 1.08 bits per heavy atom. The number of hydrogen-bond donors (Lipinski definition) is 0. The number of halogens is 1. The maximum Gasteiger partial charge on any atom is 0.341 e. The normalized spacial score (nSPS) is 16.4. The lowest BCUT2D eigenvalue weighted by atomic mass is 9.92. The molecule has 0 spiro atoms. The molecule has 2 nitrogen and oxygen atoms in total. The Hall–Kier alpha value is -2.16. The van der Waals surface area contributed by atoms with E-state index in [1.54, 1.807) is 6.07 Å². The van der Waals surface area contributed by atoms with Gasteiger partial charge >= 0.3 is 5.97 Å². The highest BCUT2D eigenvalue weighted by Crippen LogP contribution is 2.32. The highest BCUT2D eigenvalue weighted by Gasteiger charge is 2.29. The van der Waals surface area contributed by atoms with Crippen molar-refractivity contribution in [3.05, 3.63) is 58.9 Å². The van der Waals surface area contributed by atoms with Crippen LogP contribution in [0.2, 0.25) is 0 Å². The summed E-state index contributed by atoms with van der Waals surface area (Å²) in [6, 6.07) is 11.6. The lowest BCUT2D eigenvalue weighted by molar-refractivity contribution is 0.0243. The molecule has 1 aliphatic rings. The second kappa shape index (κ2) is 7.81. The molecule has 1 heterocycles. The molecule has 0 saturated heterocycles. The van der Waals surface area contributed by atoms with Gasteiger partial charge in [0.1, 0.15) is 11.9 Å². The molecule has 0 aliphatic carbocycles. The van der Waals surface area contributed by atoms with Gasteiger partial charge in [-0.1, -0.05) is 63.1 Å². The summed E-state index contributed by atoms with van der Waals surface area (Å²) in [5.41, 5.74) is 3.38. The number of unbranched alkanes of at least 4 members (excludes halogenated alkanes) is 2. The fraction of sp³-hybridized carbons (Fsp3) is 0.409. The van der Waals surface area contributed by atoms with Crippen molar-refractivity contribution < 1.29 is 13.9 Å². The summed E-state index contributed by atoms with van der Waals surface area (Å²) in [5.74, 6) is -1.00. The van der Waals surface area contributed by atoms with Gasteiger partial charge in [0.2, 0.25) is 0 Å². The van der Waals surface area contributed by atoms with Gasteiger partial charge in [-0.3, -0.25) is 0 Å². The highest BCUT2D eigenvalue weighted by molar-refractivity contribution is 5.94. The van der Waals surface area contributed by atoms with Gasteiger partial charge in [-0.25, -0.2) is 9.18 Å². The number of aryl methyl sites for hydroxylation is 1. The van der Waals surface area contributed by atoms with E-state index >= 15 is 0 Å². The molecule has 25 heavy (non-hydrogen) atoms. The first kappa shape index (κ1) is 17.7. The standard InChI is InChI=1S/C22H25FO2/c1-3-5-6-7-15-8-10-16(11-9-15)19-13-12-17-14-18(4-2)25-22(24)20(17)21(19)23/h8-13,18H,3-7,14H2,1-2H3. The summed E-state index contributed by atoms with van der Waals surface area (Å²) in [6.45, 7) is 4.16. The number of fused-ring (bicyclic) bond motifs is 1. The molecular formula is C22H25FO2. The minimum atomic E-state index is -0.538. The summed E-state index contributed by atoms with van der Waals surface area (Å²) in [6.07, 6.45) is 5.83. The van der Waals surface area contributed by atoms with Crippen LogP contribution in [-0.4, -0.2) is 12.1 Å². The molecule has 0 fully saturated rings. The number of ether oxygens (including phenoxy) is 1. The third-order valence-corrected chi connectivity index (χ3v) is 4.94. The van der Waals surface area contributed by atoms with Gasteiger partial charge < -0.3 is 4.74 Å². The van der Waals surface area contributed by atoms with Crippen molar-refractivity contribution in [3.63, 3.8) is 0 Å². The van der Waals surface area contributed by atoms with Crippen LogP contribution in [-0.2, 0) is 17.6 Å². The highest BCUT2D eigenvalue weighted by atomic mass is 19.1. The average Bonchev–Trinajstić information content (AvgIpc) is 2.62. The minimum absolute atomic E-state index is 0.106. The van der Waals surface area contributed by atoms with E-state index < -0.39 is 11.8 Å². The number of rotatable bonds is 6. The van der Waals surface area contributed by atoms with Crippen molar-refractivity contribution >= 4 is 5.97 Å². The second-order valence-corrected chi connectivity index (χ2v) is 6.75. The maximum atomic E-state index is 15.0. The molecular weight excluding hydrogens is 315 g/mol. The first-order valence-corrected chi connectivity index (χ1v) is 9.25. The molecule has 0 amide bonds. The zero-order chi connectivity index (χ0) is 17.8. The Bertz CT molecular complexity index is 749. The molecule has 1 atom stereocenters. The summed E-state index contributed by atoms with van der Waals surface area (Å²) in [5, 5.41) is 0. The molecule has 0 bridgehead atoms. The molecule has 0 radical (unpaired) electrons. The molecule has 0 saturated carbocycles. The second-order valence-electron chi connectivity index (χ2n) is 6.75. The third kappa shape index (κ3) is 3.76. The predicted octanol–water partition coefficient (Wildman–Crippen LogP) is 5.72. The number of carbonyl (C=O) groups excluding carboxylic acids is 1. The lowest BCUT2D eigenvalue weighted by Gasteiger charge is -2.24. The predicted molar refractivity (Wildman–Crippen MR) is 98.3 cm³/mol. The molecule has 3 rings (SSSR count). The SMILES string of the molecule is CCCCCc1ccc(-c2ccc3c(c2F)C(=O)OC(CC)C3)cc1. The number of cyclic esters (lactones) is 1. The zero-order valence-electron chi connectivity index (χ0n) is 15.0. The Morgan fingerprint density at radius 3 is 2.52 bits per heavy atom. The molecule has 0 N–H and O–H groups in total. The van der Waals surface area contributed by atoms with E-state index in [4.69, 9.17) is 4.74 Å². The van der Waals surface area contributed by atoms with Crippen molar-refractivity contribution in [2.45, 2.75) is 58.5 Å². The Morgan fingerprint density at radius 2 is 1.84 bits per heavy atom. The van der Waals surface area contributed by atoms with Gasteiger partial charge in [-0.2, -0.15) is 0 Å². The molecule has 0 aromatic heterocycles. The maximum absolute atomic E-state index is 15.0. The van der Waals surface area contributed by atoms with Crippen molar-refractivity contribution in [2.24, 2.45) is 0 Å². The lowest BCUT2D eigenvalue weighted by Crippen LogP contribution is -2.28. The zero-order valence-corrected chi connectivity index (χ0v) is 15.0. The third-order valence-electron chi connectivity index (χ3n) is 4.94. The van der Waals surface area contributed by atoms with Crippen molar-refractivity contribution in [3.8, 4) is 11.1 Å². The van der Waals surface area contributed by atoms with Crippen LogP contribution in [0.1, 0.15) is 61.0 Å². The van der Waals surface area contributed by atoms with Crippen LogP contribution >= 0.6 is 0 Å². The van der Waals surface area contributed by atoms with E-state index in [2.05, 4.69) is 19.1 Å². The van der Waals surface area contributed by atoms with Crippen LogP contribution in [0.4, 0.5) is 4.39 Å². The van der Waals surface area contributed by atoms with Gasteiger partial charge in [-0.05, 0) is 36.0 Å². The van der Waals surface area contributed by atoms with E-state index in [0.29, 0.717) is 12.0 Å². The van der Waals surface area contributed by atoms with E-state index in [1.807, 2.05) is 25.1 Å². The van der Waals surface area contributed by atoms with Gasteiger partial charge in [0.05, 0.1) is 5.56 Å². The van der Waals surface area contributed by atoms with Gasteiger partial charge in [-0.15, -0.1) is 0 Å². The Labute approximate surface area is 149 Å². The minimum Gasteiger partial charge on any atom is -0.458 e. The van der Waals surface area contributed by atoms with E-state index in [0.717, 1.165) is 24.0 Å². The van der Waals surface area contributed by atoms with Crippen LogP contribution in [0.25, 0.3) is 11.1 Å². The monoisotopic (exact) mass is 340 g/mol. The number of benzene rings is 2. The fourth-order valence-electron chi connectivity index (χ4n) is 3.38. The number of hydrogen-bond acceptors (Lipinski definition) is 2. The number of esters is 1. The Kier molecular flexibility index (Phi) is 5.52. The van der Waals surface area contributed by atoms with Crippen molar-refractivity contribution in [2.75, 3.05) is 0 Å². The molecule has 2 aromatic carbocycles. The van der Waals surface area contributed by atoms with E-state index in [-0.39, 0.29) is 11.7 Å². The topological polar surface area (TPSA) is 26.3 Å². The molecule has 1 unspecified atom stereocenters. The van der Waals surface area contributed by atoms with Crippen LogP contribution in [0, 0.1) is 5.82 Å². The molecule has 3 heteroatoms. The molecule has 2 aromatic rings. The van der Waals surface area contributed by atoms with Crippen molar-refractivity contribution in [1.82, 2.24) is 0 Å². The molecule has 1 aliphatic heterocycles. The van der Waals surface area contributed by atoms with Gasteiger partial charge in [0, 0.05) is 12.0 Å². The summed E-state index contributed by atoms with van der Waals surface area (Å²) >= 11 is 0. The first-order chi connectivity index (χ1) is 12.1. The van der Waals surface area contributed by atoms with Gasteiger partial charge in [0.15, 0.2) is 0 Å². The smallest absolute Gasteiger partial charge is 0.341 e. The fourth-order valence-corrected chi connectivity index (χ4v) is 3.38. The molecule has 132 valence electrons. The average molecular weight is 340 g/mol. The van der Waals surface area contributed by atoms with Crippen LogP contribution in [0.3, 0.4) is 0 Å². The van der Waals surface area contributed by atoms with Crippen LogP contribution < -0.4 is 0 Å². The van der Waals surface area contributed by atoms with Gasteiger partial charge in [0.25, 0.3) is 0 Å².